The van der Waals surface area contributed by atoms with E-state index in [0.717, 1.165) is 24.9 Å². The van der Waals surface area contributed by atoms with Gasteiger partial charge >= 0.3 is 0 Å². The average Bonchev–Trinajstić information content (AvgIpc) is 2.36. The molecule has 0 bridgehead atoms. The molecule has 1 fully saturated rings. The summed E-state index contributed by atoms with van der Waals surface area (Å²) in [6.07, 6.45) is 1.82. The highest BCUT2D eigenvalue weighted by atomic mass is 16.3. The quantitative estimate of drug-likeness (QED) is 0.871. The van der Waals surface area contributed by atoms with Gasteiger partial charge in [0.1, 0.15) is 5.75 Å². The van der Waals surface area contributed by atoms with Crippen LogP contribution in [0.4, 0.5) is 0 Å². The number of phenolic OH excluding ortho intramolecular Hbond substituents is 1. The van der Waals surface area contributed by atoms with E-state index in [1.165, 1.54) is 0 Å². The summed E-state index contributed by atoms with van der Waals surface area (Å²) in [5.41, 5.74) is 0.593. The Morgan fingerprint density at radius 1 is 1.47 bits per heavy atom. The van der Waals surface area contributed by atoms with Gasteiger partial charge in [0.2, 0.25) is 5.91 Å². The van der Waals surface area contributed by atoms with E-state index < -0.39 is 5.54 Å². The number of amides is 1. The third kappa shape index (κ3) is 2.89. The molecule has 1 aliphatic heterocycles. The number of phenols is 1. The molecule has 2 N–H and O–H groups in total. The zero-order valence-corrected chi connectivity index (χ0v) is 11.6. The lowest BCUT2D eigenvalue weighted by Crippen LogP contribution is -2.62. The molecule has 4 nitrogen and oxygen atoms in total. The number of hydrogen-bond donors (Lipinski definition) is 2. The van der Waals surface area contributed by atoms with Crippen LogP contribution in [0, 0.1) is 0 Å². The number of hydrogen-bond acceptors (Lipinski definition) is 3. The van der Waals surface area contributed by atoms with Crippen LogP contribution in [0.25, 0.3) is 0 Å². The molecule has 1 aliphatic rings. The van der Waals surface area contributed by atoms with E-state index in [2.05, 4.69) is 17.1 Å². The maximum atomic E-state index is 12.2. The molecule has 1 atom stereocenters. The van der Waals surface area contributed by atoms with Gasteiger partial charge in [0.15, 0.2) is 0 Å². The standard InChI is InChI=1S/C15H22N2O2/c1-3-7-15(2)14(19)16-8-9-17(15)11-12-5-4-6-13(18)10-12/h4-6,10,18H,3,7-9,11H2,1-2H3,(H,16,19). The fraction of sp³-hybridized carbons (Fsp3) is 0.533. The van der Waals surface area contributed by atoms with Crippen LogP contribution < -0.4 is 5.32 Å². The predicted octanol–water partition coefficient (Wildman–Crippen LogP) is 1.88. The molecule has 1 aromatic carbocycles. The lowest BCUT2D eigenvalue weighted by Gasteiger charge is -2.43. The predicted molar refractivity (Wildman–Crippen MR) is 74.8 cm³/mol. The fourth-order valence-electron chi connectivity index (χ4n) is 2.77. The Hall–Kier alpha value is -1.55. The molecule has 0 radical (unpaired) electrons. The zero-order chi connectivity index (χ0) is 13.9. The van der Waals surface area contributed by atoms with Crippen LogP contribution in [0.1, 0.15) is 32.3 Å². The summed E-state index contributed by atoms with van der Waals surface area (Å²) in [5.74, 6) is 0.386. The SMILES string of the molecule is CCCC1(C)C(=O)NCCN1Cc1cccc(O)c1. The largest absolute Gasteiger partial charge is 0.508 e. The Kier molecular flexibility index (Phi) is 4.10. The topological polar surface area (TPSA) is 52.6 Å². The number of piperazine rings is 1. The molecule has 19 heavy (non-hydrogen) atoms. The molecule has 1 unspecified atom stereocenters. The van der Waals surface area contributed by atoms with E-state index in [0.29, 0.717) is 13.1 Å². The lowest BCUT2D eigenvalue weighted by molar-refractivity contribution is -0.137. The molecule has 1 saturated heterocycles. The highest BCUT2D eigenvalue weighted by molar-refractivity contribution is 5.86. The Balaban J connectivity index is 2.19. The molecular weight excluding hydrogens is 240 g/mol. The third-order valence-corrected chi connectivity index (χ3v) is 3.88. The van der Waals surface area contributed by atoms with E-state index in [4.69, 9.17) is 0 Å². The van der Waals surface area contributed by atoms with Gasteiger partial charge in [-0.2, -0.15) is 0 Å². The van der Waals surface area contributed by atoms with Crippen molar-refractivity contribution in [2.45, 2.75) is 38.8 Å². The van der Waals surface area contributed by atoms with Crippen molar-refractivity contribution in [2.75, 3.05) is 13.1 Å². The molecule has 0 aliphatic carbocycles. The first kappa shape index (κ1) is 13.9. The Labute approximate surface area is 114 Å². The van der Waals surface area contributed by atoms with Gasteiger partial charge in [-0.3, -0.25) is 9.69 Å². The molecular formula is C15H22N2O2. The van der Waals surface area contributed by atoms with E-state index in [9.17, 15) is 9.90 Å². The normalized spacial score (nSPS) is 24.2. The van der Waals surface area contributed by atoms with Crippen molar-refractivity contribution >= 4 is 5.91 Å². The van der Waals surface area contributed by atoms with Gasteiger partial charge in [-0.25, -0.2) is 0 Å². The molecule has 0 aromatic heterocycles. The second-order valence-electron chi connectivity index (χ2n) is 5.37. The molecule has 1 aromatic rings. The van der Waals surface area contributed by atoms with E-state index in [1.807, 2.05) is 19.1 Å². The van der Waals surface area contributed by atoms with Crippen LogP contribution in [0.5, 0.6) is 5.75 Å². The van der Waals surface area contributed by atoms with Crippen LogP contribution in [-0.4, -0.2) is 34.5 Å². The van der Waals surface area contributed by atoms with Crippen molar-refractivity contribution in [3.8, 4) is 5.75 Å². The molecule has 0 saturated carbocycles. The number of carbonyl (C=O) groups excluding carboxylic acids is 1. The van der Waals surface area contributed by atoms with Crippen molar-refractivity contribution in [1.82, 2.24) is 10.2 Å². The molecule has 1 amide bonds. The van der Waals surface area contributed by atoms with Crippen molar-refractivity contribution in [1.29, 1.82) is 0 Å². The lowest BCUT2D eigenvalue weighted by atomic mass is 9.90. The highest BCUT2D eigenvalue weighted by Crippen LogP contribution is 2.26. The highest BCUT2D eigenvalue weighted by Gasteiger charge is 2.40. The van der Waals surface area contributed by atoms with Gasteiger partial charge < -0.3 is 10.4 Å². The first-order valence-corrected chi connectivity index (χ1v) is 6.87. The molecule has 1 heterocycles. The van der Waals surface area contributed by atoms with Crippen LogP contribution in [-0.2, 0) is 11.3 Å². The second kappa shape index (κ2) is 5.61. The summed E-state index contributed by atoms with van der Waals surface area (Å²) < 4.78 is 0. The zero-order valence-electron chi connectivity index (χ0n) is 11.6. The van der Waals surface area contributed by atoms with Gasteiger partial charge in [-0.1, -0.05) is 25.5 Å². The maximum Gasteiger partial charge on any atom is 0.240 e. The molecule has 2 rings (SSSR count). The Morgan fingerprint density at radius 2 is 2.26 bits per heavy atom. The first-order valence-electron chi connectivity index (χ1n) is 6.87. The van der Waals surface area contributed by atoms with Crippen molar-refractivity contribution in [3.63, 3.8) is 0 Å². The number of benzene rings is 1. The Morgan fingerprint density at radius 3 is 2.95 bits per heavy atom. The van der Waals surface area contributed by atoms with Gasteiger partial charge in [0.05, 0.1) is 5.54 Å². The Bertz CT molecular complexity index is 461. The number of carbonyl (C=O) groups is 1. The van der Waals surface area contributed by atoms with Gasteiger partial charge in [-0.15, -0.1) is 0 Å². The summed E-state index contributed by atoms with van der Waals surface area (Å²) >= 11 is 0. The summed E-state index contributed by atoms with van der Waals surface area (Å²) in [5, 5.41) is 12.5. The van der Waals surface area contributed by atoms with Crippen molar-refractivity contribution in [2.24, 2.45) is 0 Å². The van der Waals surface area contributed by atoms with Crippen LogP contribution >= 0.6 is 0 Å². The minimum atomic E-state index is -0.446. The summed E-state index contributed by atoms with van der Waals surface area (Å²) in [6, 6.07) is 7.25. The van der Waals surface area contributed by atoms with Gasteiger partial charge in [0, 0.05) is 19.6 Å². The van der Waals surface area contributed by atoms with Gasteiger partial charge in [0.25, 0.3) is 0 Å². The van der Waals surface area contributed by atoms with Crippen molar-refractivity contribution < 1.29 is 9.90 Å². The molecule has 4 heteroatoms. The number of rotatable bonds is 4. The van der Waals surface area contributed by atoms with Gasteiger partial charge in [-0.05, 0) is 31.0 Å². The fourth-order valence-corrected chi connectivity index (χ4v) is 2.77. The van der Waals surface area contributed by atoms with Crippen LogP contribution in [0.2, 0.25) is 0 Å². The average molecular weight is 262 g/mol. The van der Waals surface area contributed by atoms with Crippen LogP contribution in [0.3, 0.4) is 0 Å². The van der Waals surface area contributed by atoms with E-state index in [1.54, 1.807) is 12.1 Å². The smallest absolute Gasteiger partial charge is 0.240 e. The molecule has 104 valence electrons. The molecule has 0 spiro atoms. The first-order chi connectivity index (χ1) is 9.06. The van der Waals surface area contributed by atoms with Crippen molar-refractivity contribution in [3.05, 3.63) is 29.8 Å². The summed E-state index contributed by atoms with van der Waals surface area (Å²) in [6.45, 7) is 6.33. The summed E-state index contributed by atoms with van der Waals surface area (Å²) in [4.78, 5) is 14.4. The summed E-state index contributed by atoms with van der Waals surface area (Å²) in [7, 11) is 0. The minimum Gasteiger partial charge on any atom is -0.508 e. The maximum absolute atomic E-state index is 12.2. The number of nitrogens with one attached hydrogen (secondary N) is 1. The monoisotopic (exact) mass is 262 g/mol. The van der Waals surface area contributed by atoms with E-state index >= 15 is 0 Å². The van der Waals surface area contributed by atoms with Crippen LogP contribution in [0.15, 0.2) is 24.3 Å². The third-order valence-electron chi connectivity index (χ3n) is 3.88. The van der Waals surface area contributed by atoms with E-state index in [-0.39, 0.29) is 11.7 Å². The minimum absolute atomic E-state index is 0.112. The number of aromatic hydroxyl groups is 1. The number of nitrogens with zero attached hydrogens (tertiary/aromatic N) is 1. The second-order valence-corrected chi connectivity index (χ2v) is 5.37.